The molecular weight excluding hydrogens is 430 g/mol. The Bertz CT molecular complexity index is 1080. The standard InChI is InChI=1S/C30H43N5/c1-6-16-33(22-26-15-14-24(4)21-25(26)5)23-28-29(7-2)31-35(27-12-10-9-11-13-27)30(28)34-19-17-32(8-3)18-20-34/h9-15,21H,6-8,16-20,22-23H2,1-5H3. The zero-order chi connectivity index (χ0) is 24.8. The molecule has 0 N–H and O–H groups in total. The van der Waals surface area contributed by atoms with Crippen molar-refractivity contribution in [1.82, 2.24) is 19.6 Å². The molecule has 0 spiro atoms. The third kappa shape index (κ3) is 5.96. The minimum atomic E-state index is 0.931. The van der Waals surface area contributed by atoms with Gasteiger partial charge < -0.3 is 9.80 Å². The molecule has 5 heteroatoms. The van der Waals surface area contributed by atoms with Gasteiger partial charge in [-0.15, -0.1) is 0 Å². The largest absolute Gasteiger partial charge is 0.354 e. The average Bonchev–Trinajstić information content (AvgIpc) is 3.24. The molecule has 0 radical (unpaired) electrons. The second kappa shape index (κ2) is 11.9. The van der Waals surface area contributed by atoms with Crippen LogP contribution in [0.2, 0.25) is 0 Å². The lowest BCUT2D eigenvalue weighted by molar-refractivity contribution is 0.254. The summed E-state index contributed by atoms with van der Waals surface area (Å²) in [5.74, 6) is 1.30. The topological polar surface area (TPSA) is 27.5 Å². The van der Waals surface area contributed by atoms with Gasteiger partial charge in [-0.25, -0.2) is 4.68 Å². The highest BCUT2D eigenvalue weighted by molar-refractivity contribution is 5.56. The van der Waals surface area contributed by atoms with E-state index in [4.69, 9.17) is 5.10 Å². The Morgan fingerprint density at radius 1 is 0.886 bits per heavy atom. The van der Waals surface area contributed by atoms with Crippen LogP contribution < -0.4 is 4.90 Å². The van der Waals surface area contributed by atoms with Crippen LogP contribution in [0, 0.1) is 13.8 Å². The van der Waals surface area contributed by atoms with Crippen LogP contribution in [0.4, 0.5) is 5.82 Å². The van der Waals surface area contributed by atoms with Gasteiger partial charge in [0, 0.05) is 44.8 Å². The molecule has 188 valence electrons. The molecule has 1 aromatic heterocycles. The summed E-state index contributed by atoms with van der Waals surface area (Å²) in [6, 6.07) is 17.5. The van der Waals surface area contributed by atoms with E-state index in [-0.39, 0.29) is 0 Å². The van der Waals surface area contributed by atoms with Crippen molar-refractivity contribution in [2.45, 2.75) is 60.5 Å². The van der Waals surface area contributed by atoms with Crippen molar-refractivity contribution < 1.29 is 0 Å². The number of hydrogen-bond donors (Lipinski definition) is 0. The predicted molar refractivity (Wildman–Crippen MR) is 148 cm³/mol. The van der Waals surface area contributed by atoms with Gasteiger partial charge in [0.05, 0.1) is 11.4 Å². The maximum Gasteiger partial charge on any atom is 0.137 e. The molecule has 0 unspecified atom stereocenters. The zero-order valence-electron chi connectivity index (χ0n) is 22.4. The number of aromatic nitrogens is 2. The van der Waals surface area contributed by atoms with Crippen LogP contribution in [0.25, 0.3) is 5.69 Å². The third-order valence-electron chi connectivity index (χ3n) is 7.31. The molecule has 35 heavy (non-hydrogen) atoms. The summed E-state index contributed by atoms with van der Waals surface area (Å²) in [6.45, 7) is 19.6. The van der Waals surface area contributed by atoms with Crippen LogP contribution in [-0.4, -0.2) is 58.8 Å². The molecule has 3 aromatic rings. The lowest BCUT2D eigenvalue weighted by atomic mass is 10.0. The van der Waals surface area contributed by atoms with Gasteiger partial charge in [-0.3, -0.25) is 4.90 Å². The van der Waals surface area contributed by atoms with Crippen LogP contribution >= 0.6 is 0 Å². The van der Waals surface area contributed by atoms with E-state index in [0.29, 0.717) is 0 Å². The number of likely N-dealkylation sites (N-methyl/N-ethyl adjacent to an activating group) is 1. The van der Waals surface area contributed by atoms with Crippen molar-refractivity contribution in [1.29, 1.82) is 0 Å². The third-order valence-corrected chi connectivity index (χ3v) is 7.31. The molecule has 2 heterocycles. The number of aryl methyl sites for hydroxylation is 3. The fourth-order valence-corrected chi connectivity index (χ4v) is 5.30. The van der Waals surface area contributed by atoms with Gasteiger partial charge in [-0.2, -0.15) is 5.10 Å². The number of anilines is 1. The average molecular weight is 474 g/mol. The molecule has 0 saturated carbocycles. The Hall–Kier alpha value is -2.63. The minimum absolute atomic E-state index is 0.931. The lowest BCUT2D eigenvalue weighted by Crippen LogP contribution is -2.47. The van der Waals surface area contributed by atoms with Gasteiger partial charge in [0.15, 0.2) is 0 Å². The Kier molecular flexibility index (Phi) is 8.64. The molecule has 2 aromatic carbocycles. The van der Waals surface area contributed by atoms with E-state index in [9.17, 15) is 0 Å². The number of para-hydroxylation sites is 1. The van der Waals surface area contributed by atoms with Crippen molar-refractivity contribution in [2.24, 2.45) is 0 Å². The Balaban J connectivity index is 1.72. The fraction of sp³-hybridized carbons (Fsp3) is 0.500. The van der Waals surface area contributed by atoms with Crippen LogP contribution in [0.1, 0.15) is 55.1 Å². The number of hydrogen-bond acceptors (Lipinski definition) is 4. The van der Waals surface area contributed by atoms with Gasteiger partial charge in [0.1, 0.15) is 5.82 Å². The lowest BCUT2D eigenvalue weighted by Gasteiger charge is -2.36. The van der Waals surface area contributed by atoms with Crippen molar-refractivity contribution in [3.63, 3.8) is 0 Å². The van der Waals surface area contributed by atoms with Crippen LogP contribution in [0.3, 0.4) is 0 Å². The number of benzene rings is 2. The highest BCUT2D eigenvalue weighted by Crippen LogP contribution is 2.31. The van der Waals surface area contributed by atoms with Crippen molar-refractivity contribution in [3.8, 4) is 5.69 Å². The van der Waals surface area contributed by atoms with E-state index in [1.54, 1.807) is 0 Å². The van der Waals surface area contributed by atoms with Crippen LogP contribution in [-0.2, 0) is 19.5 Å². The summed E-state index contributed by atoms with van der Waals surface area (Å²) >= 11 is 0. The van der Waals surface area contributed by atoms with Crippen LogP contribution in [0.15, 0.2) is 48.5 Å². The SMILES string of the molecule is CCCN(Cc1ccc(C)cc1C)Cc1c(CC)nn(-c2ccccc2)c1N1CCN(CC)CC1. The van der Waals surface area contributed by atoms with Gasteiger partial charge in [0.2, 0.25) is 0 Å². The normalized spacial score (nSPS) is 14.7. The second-order valence-corrected chi connectivity index (χ2v) is 9.91. The molecule has 0 aliphatic carbocycles. The predicted octanol–water partition coefficient (Wildman–Crippen LogP) is 5.61. The Morgan fingerprint density at radius 2 is 1.63 bits per heavy atom. The number of rotatable bonds is 10. The molecule has 1 saturated heterocycles. The summed E-state index contributed by atoms with van der Waals surface area (Å²) in [7, 11) is 0. The van der Waals surface area contributed by atoms with Crippen LogP contribution in [0.5, 0.6) is 0 Å². The van der Waals surface area contributed by atoms with E-state index < -0.39 is 0 Å². The first kappa shape index (κ1) is 25.5. The highest BCUT2D eigenvalue weighted by atomic mass is 15.4. The summed E-state index contributed by atoms with van der Waals surface area (Å²) in [5.41, 5.74) is 7.92. The highest BCUT2D eigenvalue weighted by Gasteiger charge is 2.27. The van der Waals surface area contributed by atoms with Gasteiger partial charge in [0.25, 0.3) is 0 Å². The molecule has 0 bridgehead atoms. The number of nitrogens with zero attached hydrogens (tertiary/aromatic N) is 5. The maximum atomic E-state index is 5.20. The van der Waals surface area contributed by atoms with E-state index in [1.165, 1.54) is 33.8 Å². The molecule has 1 fully saturated rings. The van der Waals surface area contributed by atoms with E-state index in [2.05, 4.69) is 103 Å². The summed E-state index contributed by atoms with van der Waals surface area (Å²) in [6.07, 6.45) is 2.09. The van der Waals surface area contributed by atoms with Gasteiger partial charge >= 0.3 is 0 Å². The summed E-state index contributed by atoms with van der Waals surface area (Å²) < 4.78 is 2.22. The molecular formula is C30H43N5. The number of piperazine rings is 1. The minimum Gasteiger partial charge on any atom is -0.354 e. The molecule has 1 aliphatic rings. The summed E-state index contributed by atoms with van der Waals surface area (Å²) in [5, 5.41) is 5.20. The van der Waals surface area contributed by atoms with Crippen molar-refractivity contribution in [2.75, 3.05) is 44.2 Å². The maximum absolute atomic E-state index is 5.20. The first-order valence-corrected chi connectivity index (χ1v) is 13.5. The first-order valence-electron chi connectivity index (χ1n) is 13.5. The van der Waals surface area contributed by atoms with Gasteiger partial charge in [-0.05, 0) is 63.0 Å². The fourth-order valence-electron chi connectivity index (χ4n) is 5.30. The monoisotopic (exact) mass is 473 g/mol. The van der Waals surface area contributed by atoms with E-state index >= 15 is 0 Å². The first-order chi connectivity index (χ1) is 17.0. The molecule has 1 aliphatic heterocycles. The molecule has 4 rings (SSSR count). The van der Waals surface area contributed by atoms with Gasteiger partial charge in [-0.1, -0.05) is 62.7 Å². The Labute approximate surface area is 212 Å². The zero-order valence-corrected chi connectivity index (χ0v) is 22.4. The van der Waals surface area contributed by atoms with E-state index in [1.807, 2.05) is 0 Å². The van der Waals surface area contributed by atoms with Crippen molar-refractivity contribution >= 4 is 5.82 Å². The quantitative estimate of drug-likeness (QED) is 0.383. The smallest absolute Gasteiger partial charge is 0.137 e. The van der Waals surface area contributed by atoms with Crippen molar-refractivity contribution in [3.05, 3.63) is 76.5 Å². The second-order valence-electron chi connectivity index (χ2n) is 9.91. The van der Waals surface area contributed by atoms with E-state index in [0.717, 1.165) is 70.9 Å². The Morgan fingerprint density at radius 3 is 2.26 bits per heavy atom. The summed E-state index contributed by atoms with van der Waals surface area (Å²) in [4.78, 5) is 7.75. The molecule has 0 atom stereocenters. The molecule has 5 nitrogen and oxygen atoms in total. The molecule has 0 amide bonds.